The summed E-state index contributed by atoms with van der Waals surface area (Å²) in [5.41, 5.74) is 3.45. The van der Waals surface area contributed by atoms with E-state index in [0.29, 0.717) is 19.8 Å². The number of rotatable bonds is 6. The van der Waals surface area contributed by atoms with Crippen molar-refractivity contribution in [2.75, 3.05) is 20.3 Å². The summed E-state index contributed by atoms with van der Waals surface area (Å²) in [6.07, 6.45) is 1.89. The highest BCUT2D eigenvalue weighted by Gasteiger charge is 2.22. The van der Waals surface area contributed by atoms with Gasteiger partial charge in [0.2, 0.25) is 0 Å². The van der Waals surface area contributed by atoms with Gasteiger partial charge in [-0.2, -0.15) is 0 Å². The van der Waals surface area contributed by atoms with Crippen LogP contribution in [0.15, 0.2) is 42.5 Å². The van der Waals surface area contributed by atoms with Crippen molar-refractivity contribution in [2.24, 2.45) is 5.92 Å². The van der Waals surface area contributed by atoms with E-state index in [1.165, 1.54) is 5.56 Å². The summed E-state index contributed by atoms with van der Waals surface area (Å²) in [7, 11) is 1.83. The summed E-state index contributed by atoms with van der Waals surface area (Å²) in [5, 5.41) is 3.19. The van der Waals surface area contributed by atoms with E-state index in [2.05, 4.69) is 50.4 Å². The van der Waals surface area contributed by atoms with Crippen molar-refractivity contribution < 1.29 is 14.3 Å². The van der Waals surface area contributed by atoms with E-state index >= 15 is 0 Å². The second kappa shape index (κ2) is 9.68. The second-order valence-corrected chi connectivity index (χ2v) is 7.95. The van der Waals surface area contributed by atoms with Crippen molar-refractivity contribution in [3.63, 3.8) is 0 Å². The molecule has 156 valence electrons. The molecular weight excluding hydrogens is 364 g/mol. The van der Waals surface area contributed by atoms with Crippen molar-refractivity contribution in [3.05, 3.63) is 59.2 Å². The van der Waals surface area contributed by atoms with Crippen LogP contribution in [0.4, 0.5) is 4.79 Å². The number of nitrogens with zero attached hydrogens (tertiary/aromatic N) is 1. The fourth-order valence-corrected chi connectivity index (χ4v) is 3.48. The first-order chi connectivity index (χ1) is 14.0. The molecule has 2 aromatic carbocycles. The number of benzene rings is 2. The molecule has 0 saturated heterocycles. The molecule has 5 nitrogen and oxygen atoms in total. The van der Waals surface area contributed by atoms with Gasteiger partial charge in [-0.1, -0.05) is 51.1 Å². The van der Waals surface area contributed by atoms with E-state index in [1.807, 2.05) is 25.2 Å². The highest BCUT2D eigenvalue weighted by molar-refractivity contribution is 5.74. The van der Waals surface area contributed by atoms with Gasteiger partial charge in [0.25, 0.3) is 0 Å². The van der Waals surface area contributed by atoms with Gasteiger partial charge in [0.1, 0.15) is 0 Å². The van der Waals surface area contributed by atoms with Gasteiger partial charge in [0.15, 0.2) is 11.5 Å². The van der Waals surface area contributed by atoms with Crippen LogP contribution in [0.25, 0.3) is 0 Å². The van der Waals surface area contributed by atoms with Crippen LogP contribution in [0.5, 0.6) is 11.5 Å². The van der Waals surface area contributed by atoms with Gasteiger partial charge in [0, 0.05) is 20.0 Å². The third-order valence-corrected chi connectivity index (χ3v) is 5.27. The molecule has 3 rings (SSSR count). The number of carbonyl (C=O) groups excluding carboxylic acids is 1. The first-order valence-corrected chi connectivity index (χ1v) is 10.5. The van der Waals surface area contributed by atoms with Crippen molar-refractivity contribution in [2.45, 2.75) is 46.2 Å². The molecule has 0 bridgehead atoms. The lowest BCUT2D eigenvalue weighted by Gasteiger charge is -2.27. The van der Waals surface area contributed by atoms with Crippen molar-refractivity contribution in [3.8, 4) is 11.5 Å². The van der Waals surface area contributed by atoms with Gasteiger partial charge in [0.05, 0.1) is 19.3 Å². The molecule has 1 heterocycles. The Kier molecular flexibility index (Phi) is 7.02. The summed E-state index contributed by atoms with van der Waals surface area (Å²) in [5.74, 6) is 1.76. The van der Waals surface area contributed by atoms with Crippen molar-refractivity contribution in [1.82, 2.24) is 10.2 Å². The normalized spacial score (nSPS) is 14.2. The van der Waals surface area contributed by atoms with Crippen LogP contribution in [0.3, 0.4) is 0 Å². The summed E-state index contributed by atoms with van der Waals surface area (Å²) >= 11 is 0. The number of amides is 2. The first kappa shape index (κ1) is 21.0. The number of carbonyl (C=O) groups is 1. The lowest BCUT2D eigenvalue weighted by atomic mass is 9.95. The lowest BCUT2D eigenvalue weighted by Crippen LogP contribution is -2.40. The molecule has 1 aliphatic rings. The third-order valence-electron chi connectivity index (χ3n) is 5.27. The minimum absolute atomic E-state index is 0.0876. The largest absolute Gasteiger partial charge is 0.490 e. The Morgan fingerprint density at radius 3 is 2.34 bits per heavy atom. The van der Waals surface area contributed by atoms with Gasteiger partial charge in [-0.05, 0) is 41.2 Å². The second-order valence-electron chi connectivity index (χ2n) is 7.95. The van der Waals surface area contributed by atoms with Crippen LogP contribution in [0, 0.1) is 5.92 Å². The number of aryl methyl sites for hydroxylation is 1. The van der Waals surface area contributed by atoms with Crippen LogP contribution in [0.2, 0.25) is 0 Å². The topological polar surface area (TPSA) is 50.8 Å². The van der Waals surface area contributed by atoms with E-state index in [1.54, 1.807) is 4.90 Å². The molecule has 29 heavy (non-hydrogen) atoms. The molecule has 1 atom stereocenters. The van der Waals surface area contributed by atoms with Gasteiger partial charge < -0.3 is 19.7 Å². The van der Waals surface area contributed by atoms with E-state index in [0.717, 1.165) is 35.5 Å². The summed E-state index contributed by atoms with van der Waals surface area (Å²) in [6, 6.07) is 14.2. The molecule has 0 radical (unpaired) electrons. The van der Waals surface area contributed by atoms with Crippen molar-refractivity contribution >= 4 is 6.03 Å². The molecule has 0 saturated carbocycles. The quantitative estimate of drug-likeness (QED) is 0.752. The highest BCUT2D eigenvalue weighted by atomic mass is 16.5. The average Bonchev–Trinajstić information content (AvgIpc) is 2.97. The Hall–Kier alpha value is -2.69. The smallest absolute Gasteiger partial charge is 0.317 e. The van der Waals surface area contributed by atoms with Crippen LogP contribution >= 0.6 is 0 Å². The predicted octanol–water partition coefficient (Wildman–Crippen LogP) is 4.95. The minimum atomic E-state index is -0.107. The zero-order valence-corrected chi connectivity index (χ0v) is 17.9. The van der Waals surface area contributed by atoms with Gasteiger partial charge in [-0.3, -0.25) is 0 Å². The maximum Gasteiger partial charge on any atom is 0.317 e. The highest BCUT2D eigenvalue weighted by Crippen LogP contribution is 2.34. The molecular formula is C24H32N2O3. The van der Waals surface area contributed by atoms with Gasteiger partial charge >= 0.3 is 6.03 Å². The summed E-state index contributed by atoms with van der Waals surface area (Å²) in [4.78, 5) is 14.6. The fraction of sp³-hybridized carbons (Fsp3) is 0.458. The van der Waals surface area contributed by atoms with Crippen molar-refractivity contribution in [1.29, 1.82) is 0 Å². The van der Waals surface area contributed by atoms with Crippen LogP contribution in [-0.4, -0.2) is 31.2 Å². The zero-order valence-electron chi connectivity index (χ0n) is 17.9. The Morgan fingerprint density at radius 2 is 1.69 bits per heavy atom. The average molecular weight is 397 g/mol. The maximum absolute atomic E-state index is 12.9. The van der Waals surface area contributed by atoms with Gasteiger partial charge in [-0.25, -0.2) is 4.79 Å². The summed E-state index contributed by atoms with van der Waals surface area (Å²) < 4.78 is 11.5. The molecule has 0 aliphatic carbocycles. The Labute approximate surface area is 174 Å². The van der Waals surface area contributed by atoms with E-state index in [9.17, 15) is 4.79 Å². The Balaban J connectivity index is 1.69. The van der Waals surface area contributed by atoms with Crippen LogP contribution in [-0.2, 0) is 13.0 Å². The van der Waals surface area contributed by atoms with Gasteiger partial charge in [-0.15, -0.1) is 0 Å². The summed E-state index contributed by atoms with van der Waals surface area (Å²) in [6.45, 7) is 8.24. The Bertz CT molecular complexity index is 817. The number of hydrogen-bond acceptors (Lipinski definition) is 3. The number of fused-ring (bicyclic) bond motifs is 1. The number of nitrogens with one attached hydrogen (secondary N) is 1. The predicted molar refractivity (Wildman–Crippen MR) is 115 cm³/mol. The monoisotopic (exact) mass is 396 g/mol. The number of urea groups is 1. The number of hydrogen-bond donors (Lipinski definition) is 1. The molecule has 2 aromatic rings. The molecule has 5 heteroatoms. The maximum atomic E-state index is 12.9. The van der Waals surface area contributed by atoms with E-state index in [-0.39, 0.29) is 18.0 Å². The van der Waals surface area contributed by atoms with Crippen LogP contribution in [0.1, 0.15) is 49.9 Å². The first-order valence-electron chi connectivity index (χ1n) is 10.5. The molecule has 1 unspecified atom stereocenters. The molecule has 2 amide bonds. The molecule has 0 fully saturated rings. The molecule has 1 aliphatic heterocycles. The number of ether oxygens (including phenoxy) is 2. The van der Waals surface area contributed by atoms with E-state index < -0.39 is 0 Å². The fourth-order valence-electron chi connectivity index (χ4n) is 3.48. The van der Waals surface area contributed by atoms with E-state index in [4.69, 9.17) is 9.47 Å². The zero-order chi connectivity index (χ0) is 20.8. The minimum Gasteiger partial charge on any atom is -0.490 e. The standard InChI is InChI=1S/C24H32N2O3/c1-5-18-7-9-19(10-8-18)16-26(4)24(27)25-23(17(2)3)20-11-12-21-22(15-20)29-14-6-13-28-21/h7-12,15,17,23H,5-6,13-14,16H2,1-4H3,(H,25,27). The third kappa shape index (κ3) is 5.43. The molecule has 1 N–H and O–H groups in total. The molecule has 0 aromatic heterocycles. The SMILES string of the molecule is CCc1ccc(CN(C)C(=O)NC(c2ccc3c(c2)OCCCO3)C(C)C)cc1. The van der Waals surface area contributed by atoms with Crippen LogP contribution < -0.4 is 14.8 Å². The lowest BCUT2D eigenvalue weighted by molar-refractivity contribution is 0.198. The molecule has 0 spiro atoms. The Morgan fingerprint density at radius 1 is 1.03 bits per heavy atom.